The number of fused-ring (bicyclic) bond motifs is 1. The third-order valence-corrected chi connectivity index (χ3v) is 6.69. The largest absolute Gasteiger partial charge is 3.00 e. The molecule has 40 heavy (non-hydrogen) atoms. The van der Waals surface area contributed by atoms with Crippen molar-refractivity contribution in [1.29, 1.82) is 0 Å². The fourth-order valence-corrected chi connectivity index (χ4v) is 4.23. The van der Waals surface area contributed by atoms with Crippen LogP contribution in [0.15, 0.2) is 105 Å². The van der Waals surface area contributed by atoms with Crippen molar-refractivity contribution in [1.82, 2.24) is 0 Å². The molecule has 6 heteroatoms. The SMILES string of the molecule is CC1=C(C)C(C)=C(C2=C(C)C(C)=C(C)C2)C1.[C-]1=CC=CC1.[CH3-].[CH3-].[CH3-].[CH3-].[Cl-].[Cl-].[Cl][Zr][Cl].[Zr+3].c1ccc2[cH-]ccc2c1. The Morgan fingerprint density at radius 2 is 1.18 bits per heavy atom. The smallest absolute Gasteiger partial charge is 0.168 e. The third-order valence-electron chi connectivity index (χ3n) is 6.69. The Hall–Kier alpha value is 0.196. The number of hydrogen-bond donors (Lipinski definition) is 0. The summed E-state index contributed by atoms with van der Waals surface area (Å²) in [6.45, 7) is 13.6. The first-order chi connectivity index (χ1) is 15.8. The van der Waals surface area contributed by atoms with Crippen molar-refractivity contribution >= 4 is 27.8 Å². The molecular weight excluding hydrogens is 733 g/mol. The van der Waals surface area contributed by atoms with Gasteiger partial charge in [0.1, 0.15) is 0 Å². The van der Waals surface area contributed by atoms with Gasteiger partial charge >= 0.3 is 64.1 Å². The van der Waals surface area contributed by atoms with Crippen molar-refractivity contribution in [3.8, 4) is 0 Å². The number of benzene rings is 1. The number of halogens is 4. The number of rotatable bonds is 1. The summed E-state index contributed by atoms with van der Waals surface area (Å²) in [5.74, 6) is 0. The van der Waals surface area contributed by atoms with E-state index in [0.717, 1.165) is 6.42 Å². The van der Waals surface area contributed by atoms with Crippen molar-refractivity contribution in [2.75, 3.05) is 0 Å². The van der Waals surface area contributed by atoms with Crippen LogP contribution in [0.2, 0.25) is 0 Å². The molecule has 0 bridgehead atoms. The average molecular weight is 779 g/mol. The van der Waals surface area contributed by atoms with Crippen molar-refractivity contribution in [3.63, 3.8) is 0 Å². The van der Waals surface area contributed by atoms with Crippen molar-refractivity contribution in [3.05, 3.63) is 141 Å². The zero-order valence-electron chi connectivity index (χ0n) is 25.9. The molecule has 0 aliphatic heterocycles. The van der Waals surface area contributed by atoms with Gasteiger partial charge in [-0.3, -0.25) is 6.08 Å². The molecule has 3 aliphatic carbocycles. The summed E-state index contributed by atoms with van der Waals surface area (Å²) in [4.78, 5) is 0. The summed E-state index contributed by atoms with van der Waals surface area (Å²) in [7, 11) is 9.87. The third kappa shape index (κ3) is 15.6. The Morgan fingerprint density at radius 3 is 1.48 bits per heavy atom. The van der Waals surface area contributed by atoms with Crippen LogP contribution in [0.5, 0.6) is 0 Å². The first kappa shape index (κ1) is 52.8. The van der Waals surface area contributed by atoms with E-state index in [9.17, 15) is 0 Å². The quantitative estimate of drug-likeness (QED) is 0.305. The van der Waals surface area contributed by atoms with E-state index in [1.807, 2.05) is 12.2 Å². The standard InChI is InChI=1S/C16H22.C9H7.C5H5.4CH3.4ClH.2Zr/c1-9-7-15(13(5)11(9)3)16-8-10(2)12(4)14(16)6;1-2-5-9-7-3-6-8(9)4-1;1-2-4-5-3-1;;;;;;;;;;/h7-8H2,1-6H3;1-7H;1-3H,4H2;4*1H3;4*1H;;/q;6*-1;;;;;+2;+3/p-4. The Labute approximate surface area is 298 Å². The van der Waals surface area contributed by atoms with E-state index in [0.29, 0.717) is 0 Å². The molecular formula is C34H46Cl4Zr2-5. The van der Waals surface area contributed by atoms with E-state index in [2.05, 4.69) is 96.2 Å². The zero-order chi connectivity index (χ0) is 24.4. The maximum Gasteiger partial charge on any atom is 3.00 e. The van der Waals surface area contributed by atoms with Gasteiger partial charge in [-0.25, -0.2) is 12.2 Å². The molecule has 2 aromatic rings. The number of allylic oxidation sites excluding steroid dienone is 12. The van der Waals surface area contributed by atoms with Crippen LogP contribution in [0, 0.1) is 35.8 Å². The molecule has 0 amide bonds. The number of hydrogen-bond acceptors (Lipinski definition) is 0. The van der Waals surface area contributed by atoms with Crippen LogP contribution in [-0.2, 0) is 47.1 Å². The molecule has 0 saturated heterocycles. The van der Waals surface area contributed by atoms with Crippen LogP contribution in [0.4, 0.5) is 0 Å². The minimum atomic E-state index is -0.826. The molecule has 3 aliphatic rings. The molecule has 0 unspecified atom stereocenters. The fraction of sp³-hybridized carbons (Fsp3) is 0.265. The summed E-state index contributed by atoms with van der Waals surface area (Å²) < 4.78 is 0. The van der Waals surface area contributed by atoms with E-state index in [-0.39, 0.29) is 80.7 Å². The minimum absolute atomic E-state index is 0. The molecule has 0 atom stereocenters. The van der Waals surface area contributed by atoms with Gasteiger partial charge in [0, 0.05) is 0 Å². The molecule has 0 aromatic heterocycles. The van der Waals surface area contributed by atoms with E-state index in [1.165, 1.54) is 45.9 Å². The summed E-state index contributed by atoms with van der Waals surface area (Å²) in [6.07, 6.45) is 12.3. The van der Waals surface area contributed by atoms with Crippen molar-refractivity contribution in [2.45, 2.75) is 60.8 Å². The molecule has 5 rings (SSSR count). The molecule has 0 N–H and O–H groups in total. The maximum atomic E-state index is 4.93. The van der Waals surface area contributed by atoms with Crippen LogP contribution < -0.4 is 24.8 Å². The van der Waals surface area contributed by atoms with Gasteiger partial charge in [-0.15, -0.1) is 36.1 Å². The van der Waals surface area contributed by atoms with Crippen LogP contribution in [0.25, 0.3) is 10.8 Å². The maximum absolute atomic E-state index is 4.93. The molecule has 0 spiro atoms. The van der Waals surface area contributed by atoms with Crippen LogP contribution in [-0.4, -0.2) is 0 Å². The second-order valence-electron chi connectivity index (χ2n) is 8.60. The molecule has 0 saturated carbocycles. The predicted octanol–water partition coefficient (Wildman–Crippen LogP) is 6.15. The van der Waals surface area contributed by atoms with Gasteiger partial charge in [-0.05, 0) is 87.8 Å². The molecule has 0 heterocycles. The first-order valence-electron chi connectivity index (χ1n) is 11.3. The van der Waals surface area contributed by atoms with Gasteiger partial charge in [0.05, 0.1) is 0 Å². The Balaban J connectivity index is -0.000000104. The molecule has 0 fully saturated rings. The van der Waals surface area contributed by atoms with Gasteiger partial charge in [-0.2, -0.15) is 23.6 Å². The Kier molecular flexibility index (Phi) is 37.0. The van der Waals surface area contributed by atoms with E-state index in [1.54, 1.807) is 22.3 Å². The second-order valence-corrected chi connectivity index (χ2v) is 12.3. The van der Waals surface area contributed by atoms with Gasteiger partial charge in [0.2, 0.25) is 0 Å². The first-order valence-corrected chi connectivity index (χ1v) is 17.7. The fourth-order valence-electron chi connectivity index (χ4n) is 4.23. The van der Waals surface area contributed by atoms with Crippen LogP contribution in [0.3, 0.4) is 0 Å². The minimum Gasteiger partial charge on any atom is -0.168 e. The van der Waals surface area contributed by atoms with Crippen molar-refractivity contribution < 1.29 is 71.9 Å². The van der Waals surface area contributed by atoms with Crippen LogP contribution >= 0.6 is 17.0 Å². The van der Waals surface area contributed by atoms with Crippen molar-refractivity contribution in [2.24, 2.45) is 0 Å². The van der Waals surface area contributed by atoms with Gasteiger partial charge in [0.25, 0.3) is 0 Å². The Bertz CT molecular complexity index is 1060. The summed E-state index contributed by atoms with van der Waals surface area (Å²) in [6, 6.07) is 14.7. The Morgan fingerprint density at radius 1 is 0.725 bits per heavy atom. The van der Waals surface area contributed by atoms with E-state index < -0.39 is 20.8 Å². The van der Waals surface area contributed by atoms with Gasteiger partial charge < -0.3 is 54.5 Å². The molecule has 223 valence electrons. The molecule has 2 aromatic carbocycles. The average Bonchev–Trinajstić information content (AvgIpc) is 3.61. The normalized spacial score (nSPS) is 13.7. The van der Waals surface area contributed by atoms with Gasteiger partial charge in [0.15, 0.2) is 0 Å². The van der Waals surface area contributed by atoms with E-state index >= 15 is 0 Å². The topological polar surface area (TPSA) is 0 Å². The summed E-state index contributed by atoms with van der Waals surface area (Å²) in [5, 5.41) is 2.66. The van der Waals surface area contributed by atoms with Crippen LogP contribution in [0.1, 0.15) is 60.8 Å². The second kappa shape index (κ2) is 28.0. The molecule has 0 nitrogen and oxygen atoms in total. The van der Waals surface area contributed by atoms with Gasteiger partial charge in [-0.1, -0.05) is 17.2 Å². The molecule has 1 radical (unpaired) electrons. The zero-order valence-corrected chi connectivity index (χ0v) is 33.8. The summed E-state index contributed by atoms with van der Waals surface area (Å²) >= 11 is -0.826. The monoisotopic (exact) mass is 774 g/mol. The predicted molar refractivity (Wildman–Crippen MR) is 170 cm³/mol. The summed E-state index contributed by atoms with van der Waals surface area (Å²) in [5.41, 5.74) is 12.4. The van der Waals surface area contributed by atoms with E-state index in [4.69, 9.17) is 17.0 Å².